The van der Waals surface area contributed by atoms with Gasteiger partial charge in [-0.25, -0.2) is 0 Å². The van der Waals surface area contributed by atoms with Gasteiger partial charge in [-0.1, -0.05) is 5.16 Å². The standard InChI is InChI=1S/C21H24N2O7/c1-25-9-7-23(21(24)16-6-5-8-29-16)13-15-12-17(30-22-15)14-10-18(26-2)20(28-4)19(11-14)27-3/h5-6,8,10-12H,7,9,13H2,1-4H3. The lowest BCUT2D eigenvalue weighted by molar-refractivity contribution is 0.0645. The average Bonchev–Trinajstić information content (AvgIpc) is 3.47. The minimum Gasteiger partial charge on any atom is -0.493 e. The minimum atomic E-state index is -0.255. The molecule has 0 saturated carbocycles. The fraction of sp³-hybridized carbons (Fsp3) is 0.333. The summed E-state index contributed by atoms with van der Waals surface area (Å²) in [6.45, 7) is 0.989. The van der Waals surface area contributed by atoms with Crippen molar-refractivity contribution < 1.29 is 32.7 Å². The van der Waals surface area contributed by atoms with Crippen LogP contribution in [0.2, 0.25) is 0 Å². The molecule has 0 atom stereocenters. The van der Waals surface area contributed by atoms with Crippen LogP contribution in [0.15, 0.2) is 45.5 Å². The smallest absolute Gasteiger partial charge is 0.289 e. The highest BCUT2D eigenvalue weighted by atomic mass is 16.5. The van der Waals surface area contributed by atoms with E-state index in [-0.39, 0.29) is 18.2 Å². The van der Waals surface area contributed by atoms with Crippen LogP contribution in [0.4, 0.5) is 0 Å². The fourth-order valence-electron chi connectivity index (χ4n) is 2.95. The zero-order valence-electron chi connectivity index (χ0n) is 17.3. The van der Waals surface area contributed by atoms with Crippen molar-refractivity contribution in [3.05, 3.63) is 48.0 Å². The number of methoxy groups -OCH3 is 4. The second-order valence-electron chi connectivity index (χ2n) is 6.29. The molecule has 0 N–H and O–H groups in total. The second kappa shape index (κ2) is 9.84. The van der Waals surface area contributed by atoms with Crippen molar-refractivity contribution in [2.45, 2.75) is 6.54 Å². The van der Waals surface area contributed by atoms with Gasteiger partial charge in [0.05, 0.1) is 40.7 Å². The molecule has 30 heavy (non-hydrogen) atoms. The van der Waals surface area contributed by atoms with Gasteiger partial charge in [0.15, 0.2) is 23.0 Å². The summed E-state index contributed by atoms with van der Waals surface area (Å²) < 4.78 is 32.0. The Kier molecular flexibility index (Phi) is 6.97. The van der Waals surface area contributed by atoms with Crippen LogP contribution in [-0.4, -0.2) is 57.6 Å². The van der Waals surface area contributed by atoms with Gasteiger partial charge in [0.2, 0.25) is 5.75 Å². The first-order valence-corrected chi connectivity index (χ1v) is 9.19. The quantitative estimate of drug-likeness (QED) is 0.497. The largest absolute Gasteiger partial charge is 0.493 e. The molecule has 0 bridgehead atoms. The van der Waals surface area contributed by atoms with Gasteiger partial charge in [-0.2, -0.15) is 0 Å². The first kappa shape index (κ1) is 21.3. The summed E-state index contributed by atoms with van der Waals surface area (Å²) in [6.07, 6.45) is 1.46. The van der Waals surface area contributed by atoms with E-state index < -0.39 is 0 Å². The molecule has 0 aliphatic carbocycles. The number of aromatic nitrogens is 1. The number of hydrogen-bond donors (Lipinski definition) is 0. The molecule has 9 heteroatoms. The van der Waals surface area contributed by atoms with E-state index in [9.17, 15) is 4.79 Å². The van der Waals surface area contributed by atoms with Gasteiger partial charge in [0.25, 0.3) is 5.91 Å². The Morgan fingerprint density at radius 3 is 2.37 bits per heavy atom. The molecule has 3 aromatic rings. The van der Waals surface area contributed by atoms with Crippen molar-refractivity contribution in [2.24, 2.45) is 0 Å². The summed E-state index contributed by atoms with van der Waals surface area (Å²) in [5.74, 6) is 1.98. The van der Waals surface area contributed by atoms with Crippen molar-refractivity contribution in [3.63, 3.8) is 0 Å². The molecule has 0 aliphatic rings. The van der Waals surface area contributed by atoms with Crippen molar-refractivity contribution in [1.29, 1.82) is 0 Å². The van der Waals surface area contributed by atoms with Crippen LogP contribution in [-0.2, 0) is 11.3 Å². The Labute approximate surface area is 174 Å². The zero-order chi connectivity index (χ0) is 21.5. The molecule has 0 saturated heterocycles. The second-order valence-corrected chi connectivity index (χ2v) is 6.29. The van der Waals surface area contributed by atoms with Crippen molar-refractivity contribution in [2.75, 3.05) is 41.6 Å². The molecule has 160 valence electrons. The van der Waals surface area contributed by atoms with Crippen LogP contribution >= 0.6 is 0 Å². The molecule has 2 heterocycles. The van der Waals surface area contributed by atoms with Gasteiger partial charge in [-0.3, -0.25) is 4.79 Å². The van der Waals surface area contributed by atoms with E-state index in [2.05, 4.69) is 5.16 Å². The molecule has 0 fully saturated rings. The molecule has 1 aromatic carbocycles. The Hall–Kier alpha value is -3.46. The monoisotopic (exact) mass is 416 g/mol. The molecular formula is C21H24N2O7. The first-order valence-electron chi connectivity index (χ1n) is 9.19. The number of rotatable bonds is 10. The Morgan fingerprint density at radius 1 is 1.07 bits per heavy atom. The van der Waals surface area contributed by atoms with Gasteiger partial charge < -0.3 is 32.8 Å². The molecule has 0 spiro atoms. The number of carbonyl (C=O) groups excluding carboxylic acids is 1. The van der Waals surface area contributed by atoms with E-state index in [4.69, 9.17) is 27.9 Å². The number of ether oxygens (including phenoxy) is 4. The van der Waals surface area contributed by atoms with Gasteiger partial charge in [-0.05, 0) is 24.3 Å². The third-order valence-corrected chi connectivity index (χ3v) is 4.45. The SMILES string of the molecule is COCCN(Cc1cc(-c2cc(OC)c(OC)c(OC)c2)on1)C(=O)c1ccco1. The van der Waals surface area contributed by atoms with Gasteiger partial charge in [-0.15, -0.1) is 0 Å². The number of hydrogen-bond acceptors (Lipinski definition) is 8. The minimum absolute atomic E-state index is 0.233. The molecule has 2 aromatic heterocycles. The highest BCUT2D eigenvalue weighted by Crippen LogP contribution is 2.41. The maximum Gasteiger partial charge on any atom is 0.289 e. The Bertz CT molecular complexity index is 941. The van der Waals surface area contributed by atoms with E-state index in [1.54, 1.807) is 56.6 Å². The summed E-state index contributed by atoms with van der Waals surface area (Å²) >= 11 is 0. The summed E-state index contributed by atoms with van der Waals surface area (Å²) in [5.41, 5.74) is 1.28. The van der Waals surface area contributed by atoms with Crippen molar-refractivity contribution in [3.8, 4) is 28.6 Å². The molecule has 9 nitrogen and oxygen atoms in total. The third-order valence-electron chi connectivity index (χ3n) is 4.45. The molecule has 0 radical (unpaired) electrons. The fourth-order valence-corrected chi connectivity index (χ4v) is 2.95. The lowest BCUT2D eigenvalue weighted by Gasteiger charge is -2.19. The number of amides is 1. The van der Waals surface area contributed by atoms with Crippen LogP contribution in [0, 0.1) is 0 Å². The summed E-state index contributed by atoms with van der Waals surface area (Å²) in [4.78, 5) is 14.3. The van der Waals surface area contributed by atoms with Crippen LogP contribution in [0.5, 0.6) is 17.2 Å². The van der Waals surface area contributed by atoms with Crippen LogP contribution in [0.25, 0.3) is 11.3 Å². The van der Waals surface area contributed by atoms with Crippen molar-refractivity contribution in [1.82, 2.24) is 10.1 Å². The van der Waals surface area contributed by atoms with Gasteiger partial charge in [0.1, 0.15) is 5.69 Å². The number of furan rings is 1. The lowest BCUT2D eigenvalue weighted by Crippen LogP contribution is -2.33. The van der Waals surface area contributed by atoms with Gasteiger partial charge >= 0.3 is 0 Å². The van der Waals surface area contributed by atoms with Crippen LogP contribution in [0.3, 0.4) is 0 Å². The zero-order valence-corrected chi connectivity index (χ0v) is 17.3. The normalized spacial score (nSPS) is 10.7. The van der Waals surface area contributed by atoms with Gasteiger partial charge in [0, 0.05) is 25.3 Å². The predicted octanol–water partition coefficient (Wildman–Crippen LogP) is 3.25. The number of benzene rings is 1. The highest BCUT2D eigenvalue weighted by Gasteiger charge is 2.21. The predicted molar refractivity (Wildman–Crippen MR) is 107 cm³/mol. The van der Waals surface area contributed by atoms with Crippen LogP contribution < -0.4 is 14.2 Å². The van der Waals surface area contributed by atoms with E-state index >= 15 is 0 Å². The van der Waals surface area contributed by atoms with Crippen molar-refractivity contribution >= 4 is 5.91 Å². The summed E-state index contributed by atoms with van der Waals surface area (Å²) in [7, 11) is 6.20. The van der Waals surface area contributed by atoms with Crippen LogP contribution in [0.1, 0.15) is 16.2 Å². The summed E-state index contributed by atoms with van der Waals surface area (Å²) in [6, 6.07) is 8.58. The van der Waals surface area contributed by atoms with E-state index in [0.29, 0.717) is 47.4 Å². The Balaban J connectivity index is 1.85. The maximum atomic E-state index is 12.7. The number of nitrogens with zero attached hydrogens (tertiary/aromatic N) is 2. The Morgan fingerprint density at radius 2 is 1.80 bits per heavy atom. The summed E-state index contributed by atoms with van der Waals surface area (Å²) in [5, 5.41) is 4.10. The average molecular weight is 416 g/mol. The van der Waals surface area contributed by atoms with E-state index in [1.807, 2.05) is 0 Å². The molecular weight excluding hydrogens is 392 g/mol. The first-order chi connectivity index (χ1) is 14.6. The van der Waals surface area contributed by atoms with E-state index in [0.717, 1.165) is 0 Å². The third kappa shape index (κ3) is 4.57. The molecule has 0 aliphatic heterocycles. The topological polar surface area (TPSA) is 96.4 Å². The molecule has 3 rings (SSSR count). The lowest BCUT2D eigenvalue weighted by atomic mass is 10.1. The molecule has 0 unspecified atom stereocenters. The maximum absolute atomic E-state index is 12.7. The molecule has 1 amide bonds. The highest BCUT2D eigenvalue weighted by molar-refractivity contribution is 5.91. The van der Waals surface area contributed by atoms with E-state index in [1.165, 1.54) is 13.4 Å². The number of carbonyl (C=O) groups is 1.